The molecule has 2 heterocycles. The van der Waals surface area contributed by atoms with Crippen LogP contribution in [0.5, 0.6) is 0 Å². The Bertz CT molecular complexity index is 733. The third-order valence-corrected chi connectivity index (χ3v) is 3.70. The Morgan fingerprint density at radius 3 is 2.67 bits per heavy atom. The van der Waals surface area contributed by atoms with Gasteiger partial charge in [0.05, 0.1) is 11.0 Å². The van der Waals surface area contributed by atoms with Gasteiger partial charge in [-0.3, -0.25) is 4.40 Å². The average Bonchev–Trinajstić information content (AvgIpc) is 2.80. The van der Waals surface area contributed by atoms with E-state index in [2.05, 4.69) is 41.1 Å². The van der Waals surface area contributed by atoms with Crippen LogP contribution in [0.1, 0.15) is 16.8 Å². The van der Waals surface area contributed by atoms with Crippen molar-refractivity contribution in [3.05, 3.63) is 35.2 Å². The number of nitrogens with zero attached hydrogens (tertiary/aromatic N) is 3. The number of aromatic nitrogens is 3. The second-order valence-corrected chi connectivity index (χ2v) is 4.93. The predicted molar refractivity (Wildman–Crippen MR) is 73.9 cm³/mol. The summed E-state index contributed by atoms with van der Waals surface area (Å²) < 4.78 is 4.28. The maximum absolute atomic E-state index is 5.63. The van der Waals surface area contributed by atoms with Crippen molar-refractivity contribution in [2.45, 2.75) is 20.3 Å². The zero-order valence-electron chi connectivity index (χ0n) is 11.1. The molecule has 4 nitrogen and oxygen atoms in total. The summed E-state index contributed by atoms with van der Waals surface area (Å²) >= 11 is 0. The fourth-order valence-corrected chi connectivity index (χ4v) is 2.45. The van der Waals surface area contributed by atoms with Gasteiger partial charge in [-0.05, 0) is 43.7 Å². The van der Waals surface area contributed by atoms with Gasteiger partial charge in [0.2, 0.25) is 5.78 Å². The van der Waals surface area contributed by atoms with Crippen LogP contribution in [0.4, 0.5) is 0 Å². The Hall–Kier alpha value is -1.81. The van der Waals surface area contributed by atoms with Gasteiger partial charge in [-0.15, -0.1) is 0 Å². The van der Waals surface area contributed by atoms with E-state index in [0.29, 0.717) is 6.54 Å². The van der Waals surface area contributed by atoms with Crippen molar-refractivity contribution in [2.75, 3.05) is 6.54 Å². The molecule has 2 aromatic heterocycles. The van der Waals surface area contributed by atoms with Crippen molar-refractivity contribution in [3.8, 4) is 0 Å². The number of rotatable bonds is 2. The minimum absolute atomic E-state index is 0.664. The molecule has 0 spiro atoms. The zero-order valence-corrected chi connectivity index (χ0v) is 11.1. The Labute approximate surface area is 106 Å². The normalized spacial score (nSPS) is 11.8. The molecule has 0 aliphatic heterocycles. The van der Waals surface area contributed by atoms with E-state index in [-0.39, 0.29) is 0 Å². The summed E-state index contributed by atoms with van der Waals surface area (Å²) in [7, 11) is 2.05. The summed E-state index contributed by atoms with van der Waals surface area (Å²) in [6.07, 6.45) is 3.03. The van der Waals surface area contributed by atoms with Crippen LogP contribution in [0.3, 0.4) is 0 Å². The quantitative estimate of drug-likeness (QED) is 0.746. The highest BCUT2D eigenvalue weighted by Gasteiger charge is 2.12. The van der Waals surface area contributed by atoms with E-state index in [4.69, 9.17) is 10.7 Å². The van der Waals surface area contributed by atoms with Crippen molar-refractivity contribution in [2.24, 2.45) is 12.8 Å². The van der Waals surface area contributed by atoms with Gasteiger partial charge >= 0.3 is 0 Å². The number of hydrogen-bond donors (Lipinski definition) is 1. The number of benzene rings is 1. The molecule has 94 valence electrons. The lowest BCUT2D eigenvalue weighted by atomic mass is 10.1. The first-order valence-corrected chi connectivity index (χ1v) is 6.25. The number of fused-ring (bicyclic) bond motifs is 3. The van der Waals surface area contributed by atoms with E-state index >= 15 is 0 Å². The van der Waals surface area contributed by atoms with Crippen molar-refractivity contribution < 1.29 is 0 Å². The highest BCUT2D eigenvalue weighted by Crippen LogP contribution is 2.22. The van der Waals surface area contributed by atoms with E-state index in [9.17, 15) is 0 Å². The molecule has 0 aliphatic carbocycles. The highest BCUT2D eigenvalue weighted by atomic mass is 15.2. The molecular formula is C14H18N4. The third kappa shape index (κ3) is 1.46. The molecule has 18 heavy (non-hydrogen) atoms. The SMILES string of the molecule is Cc1cc2nc3n(C)c(CCN)cn3c2cc1C. The lowest BCUT2D eigenvalue weighted by molar-refractivity contribution is 0.820. The van der Waals surface area contributed by atoms with Crippen LogP contribution in [0.15, 0.2) is 18.3 Å². The Morgan fingerprint density at radius 2 is 1.94 bits per heavy atom. The maximum Gasteiger partial charge on any atom is 0.214 e. The molecule has 0 saturated heterocycles. The fraction of sp³-hybridized carbons (Fsp3) is 0.357. The first-order valence-electron chi connectivity index (χ1n) is 6.25. The van der Waals surface area contributed by atoms with Crippen LogP contribution in [-0.2, 0) is 13.5 Å². The molecule has 0 unspecified atom stereocenters. The lowest BCUT2D eigenvalue weighted by Crippen LogP contribution is -2.06. The van der Waals surface area contributed by atoms with Crippen LogP contribution in [0.25, 0.3) is 16.8 Å². The molecule has 4 heteroatoms. The standard InChI is InChI=1S/C14H18N4/c1-9-6-12-13(7-10(9)2)18-8-11(4-5-15)17(3)14(18)16-12/h6-8H,4-5,15H2,1-3H3. The summed E-state index contributed by atoms with van der Waals surface area (Å²) in [5.41, 5.74) is 11.7. The fourth-order valence-electron chi connectivity index (χ4n) is 2.45. The van der Waals surface area contributed by atoms with Crippen molar-refractivity contribution in [1.29, 1.82) is 0 Å². The maximum atomic E-state index is 5.63. The van der Waals surface area contributed by atoms with Crippen molar-refractivity contribution in [1.82, 2.24) is 14.0 Å². The molecule has 0 radical (unpaired) electrons. The van der Waals surface area contributed by atoms with E-state index in [1.165, 1.54) is 22.3 Å². The number of aryl methyl sites for hydroxylation is 3. The van der Waals surface area contributed by atoms with Crippen molar-refractivity contribution >= 4 is 16.8 Å². The van der Waals surface area contributed by atoms with Crippen LogP contribution in [-0.4, -0.2) is 20.5 Å². The van der Waals surface area contributed by atoms with Gasteiger partial charge in [-0.1, -0.05) is 0 Å². The summed E-state index contributed by atoms with van der Waals surface area (Å²) in [5, 5.41) is 0. The molecule has 0 aliphatic rings. The van der Waals surface area contributed by atoms with Gasteiger partial charge in [-0.25, -0.2) is 4.98 Å². The summed E-state index contributed by atoms with van der Waals surface area (Å²) in [4.78, 5) is 4.70. The Balaban J connectivity index is 2.35. The minimum atomic E-state index is 0.664. The number of nitrogens with two attached hydrogens (primary N) is 1. The molecule has 3 aromatic rings. The molecule has 0 amide bonds. The van der Waals surface area contributed by atoms with Gasteiger partial charge in [0.15, 0.2) is 0 Å². The van der Waals surface area contributed by atoms with Crippen molar-refractivity contribution in [3.63, 3.8) is 0 Å². The monoisotopic (exact) mass is 242 g/mol. The molecule has 3 rings (SSSR count). The van der Waals surface area contributed by atoms with Gasteiger partial charge in [0, 0.05) is 25.4 Å². The van der Waals surface area contributed by atoms with Gasteiger partial charge < -0.3 is 10.3 Å². The average molecular weight is 242 g/mol. The van der Waals surface area contributed by atoms with Crippen LogP contribution in [0.2, 0.25) is 0 Å². The first-order chi connectivity index (χ1) is 8.61. The molecule has 0 fully saturated rings. The summed E-state index contributed by atoms with van der Waals surface area (Å²) in [6, 6.07) is 4.36. The Morgan fingerprint density at radius 1 is 1.22 bits per heavy atom. The topological polar surface area (TPSA) is 48.2 Å². The van der Waals surface area contributed by atoms with Gasteiger partial charge in [0.1, 0.15) is 0 Å². The minimum Gasteiger partial charge on any atom is -0.330 e. The molecule has 2 N–H and O–H groups in total. The lowest BCUT2D eigenvalue weighted by Gasteiger charge is -2.00. The molecule has 0 saturated carbocycles. The summed E-state index contributed by atoms with van der Waals surface area (Å²) in [6.45, 7) is 4.92. The highest BCUT2D eigenvalue weighted by molar-refractivity contribution is 5.81. The second-order valence-electron chi connectivity index (χ2n) is 4.93. The van der Waals surface area contributed by atoms with E-state index in [1.807, 2.05) is 7.05 Å². The third-order valence-electron chi connectivity index (χ3n) is 3.70. The Kier molecular flexibility index (Phi) is 2.41. The van der Waals surface area contributed by atoms with Crippen LogP contribution in [0, 0.1) is 13.8 Å². The number of hydrogen-bond acceptors (Lipinski definition) is 2. The van der Waals surface area contributed by atoms with Gasteiger partial charge in [0.25, 0.3) is 0 Å². The molecule has 1 aromatic carbocycles. The summed E-state index contributed by atoms with van der Waals surface area (Å²) in [5.74, 6) is 0.985. The van der Waals surface area contributed by atoms with E-state index < -0.39 is 0 Å². The predicted octanol–water partition coefficient (Wildman–Crippen LogP) is 1.94. The smallest absolute Gasteiger partial charge is 0.214 e. The van der Waals surface area contributed by atoms with Crippen LogP contribution >= 0.6 is 0 Å². The van der Waals surface area contributed by atoms with E-state index in [0.717, 1.165) is 17.7 Å². The van der Waals surface area contributed by atoms with E-state index in [1.54, 1.807) is 0 Å². The largest absolute Gasteiger partial charge is 0.330 e. The number of imidazole rings is 2. The van der Waals surface area contributed by atoms with Crippen LogP contribution < -0.4 is 5.73 Å². The molecule has 0 bridgehead atoms. The van der Waals surface area contributed by atoms with Gasteiger partial charge in [-0.2, -0.15) is 0 Å². The molecular weight excluding hydrogens is 224 g/mol. The second kappa shape index (κ2) is 3.85. The molecule has 0 atom stereocenters. The zero-order chi connectivity index (χ0) is 12.9. The first kappa shape index (κ1) is 11.3.